The average Bonchev–Trinajstić information content (AvgIpc) is 3.36. The Morgan fingerprint density at radius 3 is 2.05 bits per heavy atom. The average molecular weight is 663 g/mol. The van der Waals surface area contributed by atoms with Crippen molar-refractivity contribution in [2.45, 2.75) is 177 Å². The van der Waals surface area contributed by atoms with Crippen molar-refractivity contribution in [2.75, 3.05) is 19.8 Å². The van der Waals surface area contributed by atoms with E-state index in [9.17, 15) is 19.8 Å². The first-order valence-electron chi connectivity index (χ1n) is 17.5. The maximum absolute atomic E-state index is 13.4. The van der Waals surface area contributed by atoms with Gasteiger partial charge in [0.1, 0.15) is 23.7 Å². The van der Waals surface area contributed by atoms with E-state index in [0.29, 0.717) is 12.3 Å². The second kappa shape index (κ2) is 22.1. The molecule has 0 radical (unpaired) electrons. The van der Waals surface area contributed by atoms with Gasteiger partial charge in [0.15, 0.2) is 6.10 Å². The van der Waals surface area contributed by atoms with Crippen LogP contribution in [0.3, 0.4) is 0 Å². The number of aliphatic hydroxyl groups is 2. The number of carbonyl (C=O) groups is 2. The number of alkyl halides is 1. The molecule has 0 saturated carbocycles. The van der Waals surface area contributed by atoms with Crippen molar-refractivity contribution in [3.63, 3.8) is 0 Å². The number of ether oxygens (including phenoxy) is 2. The SMILES string of the molecule is CCCCCCCCCCCCCCCC(=O)O[C@@H]1[C@H](O)[C@@H](O)[C@@H](SC)O[C@@H]1[C@H](NC(=O)[C@@H]1C[C@@H](CCC)CN1C)[C@H](C)Cl. The van der Waals surface area contributed by atoms with Crippen LogP contribution in [0.1, 0.15) is 130 Å². The van der Waals surface area contributed by atoms with Crippen LogP contribution >= 0.6 is 23.4 Å². The lowest BCUT2D eigenvalue weighted by atomic mass is 9.92. The summed E-state index contributed by atoms with van der Waals surface area (Å²) in [5.74, 6) is -0.119. The molecule has 0 spiro atoms. The van der Waals surface area contributed by atoms with Crippen LogP contribution in [-0.2, 0) is 19.1 Å². The molecule has 0 aromatic carbocycles. The number of hydrogen-bond donors (Lipinski definition) is 3. The predicted octanol–water partition coefficient (Wildman–Crippen LogP) is 6.42. The topological polar surface area (TPSA) is 108 Å². The highest BCUT2D eigenvalue weighted by atomic mass is 35.5. The zero-order valence-corrected chi connectivity index (χ0v) is 29.8. The largest absolute Gasteiger partial charge is 0.457 e. The molecule has 3 N–H and O–H groups in total. The van der Waals surface area contributed by atoms with Crippen LogP contribution in [0.5, 0.6) is 0 Å². The lowest BCUT2D eigenvalue weighted by Gasteiger charge is -2.45. The van der Waals surface area contributed by atoms with Gasteiger partial charge in [-0.05, 0) is 45.4 Å². The number of carbonyl (C=O) groups excluding carboxylic acids is 2. The molecule has 2 aliphatic rings. The van der Waals surface area contributed by atoms with E-state index in [4.69, 9.17) is 21.1 Å². The van der Waals surface area contributed by atoms with Gasteiger partial charge in [0, 0.05) is 13.0 Å². The maximum Gasteiger partial charge on any atom is 0.306 e. The van der Waals surface area contributed by atoms with Gasteiger partial charge in [-0.2, -0.15) is 0 Å². The van der Waals surface area contributed by atoms with Crippen LogP contribution in [0.2, 0.25) is 0 Å². The number of likely N-dealkylation sites (tertiary alicyclic amines) is 1. The number of hydrogen-bond acceptors (Lipinski definition) is 8. The fourth-order valence-electron chi connectivity index (χ4n) is 6.73. The minimum atomic E-state index is -1.36. The minimum absolute atomic E-state index is 0.148. The predicted molar refractivity (Wildman–Crippen MR) is 181 cm³/mol. The summed E-state index contributed by atoms with van der Waals surface area (Å²) >= 11 is 7.87. The highest BCUT2D eigenvalue weighted by Crippen LogP contribution is 2.33. The van der Waals surface area contributed by atoms with Crippen molar-refractivity contribution in [1.82, 2.24) is 10.2 Å². The quantitative estimate of drug-likeness (QED) is 0.0693. The number of esters is 1. The first kappa shape index (κ1) is 39.6. The van der Waals surface area contributed by atoms with E-state index in [-0.39, 0.29) is 18.4 Å². The molecule has 0 aromatic rings. The van der Waals surface area contributed by atoms with Gasteiger partial charge in [0.05, 0.1) is 17.5 Å². The molecule has 2 aliphatic heterocycles. The van der Waals surface area contributed by atoms with Crippen molar-refractivity contribution in [3.05, 3.63) is 0 Å². The second-order valence-corrected chi connectivity index (χ2v) is 14.8. The third-order valence-electron chi connectivity index (χ3n) is 9.36. The molecule has 258 valence electrons. The summed E-state index contributed by atoms with van der Waals surface area (Å²) in [6, 6.07) is -1.01. The molecule has 10 heteroatoms. The molecule has 0 aromatic heterocycles. The van der Waals surface area contributed by atoms with Crippen LogP contribution in [0.15, 0.2) is 0 Å². The molecule has 0 aliphatic carbocycles. The van der Waals surface area contributed by atoms with Crippen molar-refractivity contribution in [1.29, 1.82) is 0 Å². The Hall–Kier alpha value is -0.580. The Balaban J connectivity index is 1.87. The van der Waals surface area contributed by atoms with Crippen molar-refractivity contribution < 1.29 is 29.3 Å². The number of likely N-dealkylation sites (N-methyl/N-ethyl adjacent to an activating group) is 1. The number of nitrogens with one attached hydrogen (secondary N) is 1. The zero-order chi connectivity index (χ0) is 32.5. The van der Waals surface area contributed by atoms with Gasteiger partial charge in [-0.3, -0.25) is 14.5 Å². The van der Waals surface area contributed by atoms with E-state index < -0.39 is 47.2 Å². The standard InChI is InChI=1S/C34H63ClN2O6S/c1-6-8-9-10-11-12-13-14-15-16-17-18-19-21-27(38)42-32-29(39)30(40)34(44-5)43-31(32)28(24(3)35)36-33(41)26-22-25(20-7-2)23-37(26)4/h24-26,28-32,34,39-40H,6-23H2,1-5H3,(H,36,41)/t24-,25+,26-,28+,29+,30+,31+,32+,34+/m0/s1. The van der Waals surface area contributed by atoms with Crippen LogP contribution in [0.4, 0.5) is 0 Å². The highest BCUT2D eigenvalue weighted by Gasteiger charge is 2.51. The van der Waals surface area contributed by atoms with Crippen LogP contribution < -0.4 is 5.32 Å². The van der Waals surface area contributed by atoms with Gasteiger partial charge in [-0.15, -0.1) is 23.4 Å². The summed E-state index contributed by atoms with van der Waals surface area (Å²) in [6.45, 7) is 7.03. The molecule has 2 saturated heterocycles. The molecule has 2 rings (SSSR count). The first-order valence-corrected chi connectivity index (χ1v) is 19.2. The van der Waals surface area contributed by atoms with Gasteiger partial charge < -0.3 is 25.0 Å². The summed E-state index contributed by atoms with van der Waals surface area (Å²) in [6.07, 6.45) is 16.1. The van der Waals surface area contributed by atoms with Crippen LogP contribution in [0, 0.1) is 5.92 Å². The summed E-state index contributed by atoms with van der Waals surface area (Å²) in [5, 5.41) is 24.3. The fraction of sp³-hybridized carbons (Fsp3) is 0.941. The molecular formula is C34H63ClN2O6S. The van der Waals surface area contributed by atoms with Crippen LogP contribution in [0.25, 0.3) is 0 Å². The van der Waals surface area contributed by atoms with E-state index >= 15 is 0 Å². The van der Waals surface area contributed by atoms with E-state index in [0.717, 1.165) is 38.6 Å². The number of rotatable bonds is 22. The third kappa shape index (κ3) is 13.3. The van der Waals surface area contributed by atoms with E-state index in [1.165, 1.54) is 76.0 Å². The Morgan fingerprint density at radius 2 is 1.52 bits per heavy atom. The molecular weight excluding hydrogens is 600 g/mol. The fourth-order valence-corrected chi connectivity index (χ4v) is 7.61. The van der Waals surface area contributed by atoms with Gasteiger partial charge >= 0.3 is 5.97 Å². The number of nitrogens with zero attached hydrogens (tertiary/aromatic N) is 1. The Labute approximate surface area is 277 Å². The van der Waals surface area contributed by atoms with Gasteiger partial charge in [0.2, 0.25) is 5.91 Å². The number of halogens is 1. The summed E-state index contributed by atoms with van der Waals surface area (Å²) < 4.78 is 12.0. The smallest absolute Gasteiger partial charge is 0.306 e. The highest BCUT2D eigenvalue weighted by molar-refractivity contribution is 7.99. The van der Waals surface area contributed by atoms with Crippen LogP contribution in [-0.4, -0.2) is 94.2 Å². The number of aliphatic hydroxyl groups excluding tert-OH is 2. The molecule has 2 heterocycles. The zero-order valence-electron chi connectivity index (χ0n) is 28.2. The molecule has 0 unspecified atom stereocenters. The van der Waals surface area contributed by atoms with Crippen molar-refractivity contribution in [3.8, 4) is 0 Å². The Bertz CT molecular complexity index is 808. The minimum Gasteiger partial charge on any atom is -0.457 e. The molecule has 2 fully saturated rings. The summed E-state index contributed by atoms with van der Waals surface area (Å²) in [5.41, 5.74) is -0.746. The molecule has 44 heavy (non-hydrogen) atoms. The normalized spacial score (nSPS) is 29.0. The van der Waals surface area contributed by atoms with Crippen molar-refractivity contribution in [2.24, 2.45) is 5.92 Å². The Morgan fingerprint density at radius 1 is 0.955 bits per heavy atom. The first-order chi connectivity index (χ1) is 21.1. The lowest BCUT2D eigenvalue weighted by Crippen LogP contribution is -2.66. The van der Waals surface area contributed by atoms with Gasteiger partial charge in [0.25, 0.3) is 0 Å². The van der Waals surface area contributed by atoms with Gasteiger partial charge in [-0.1, -0.05) is 97.3 Å². The Kier molecular flexibility index (Phi) is 19.9. The van der Waals surface area contributed by atoms with E-state index in [2.05, 4.69) is 24.1 Å². The van der Waals surface area contributed by atoms with Gasteiger partial charge in [-0.25, -0.2) is 0 Å². The number of unbranched alkanes of at least 4 members (excludes halogenated alkanes) is 12. The van der Waals surface area contributed by atoms with Crippen molar-refractivity contribution >= 4 is 35.2 Å². The molecule has 9 atom stereocenters. The molecule has 8 nitrogen and oxygen atoms in total. The monoisotopic (exact) mass is 662 g/mol. The maximum atomic E-state index is 13.4. The number of thioether (sulfide) groups is 1. The molecule has 1 amide bonds. The summed E-state index contributed by atoms with van der Waals surface area (Å²) in [7, 11) is 1.96. The van der Waals surface area contributed by atoms with E-state index in [1.807, 2.05) is 7.05 Å². The lowest BCUT2D eigenvalue weighted by molar-refractivity contribution is -0.220. The number of amides is 1. The summed E-state index contributed by atoms with van der Waals surface area (Å²) in [4.78, 5) is 28.4. The second-order valence-electron chi connectivity index (χ2n) is 13.2. The third-order valence-corrected chi connectivity index (χ3v) is 10.5. The van der Waals surface area contributed by atoms with E-state index in [1.54, 1.807) is 13.2 Å². The molecule has 0 bridgehead atoms.